The summed E-state index contributed by atoms with van der Waals surface area (Å²) in [5.74, 6) is 1.54. The molecule has 0 bridgehead atoms. The third-order valence-electron chi connectivity index (χ3n) is 6.10. The summed E-state index contributed by atoms with van der Waals surface area (Å²) in [7, 11) is 1.55. The number of rotatable bonds is 6. The van der Waals surface area contributed by atoms with Crippen LogP contribution in [0.4, 0.5) is 13.9 Å². The number of anilines is 1. The summed E-state index contributed by atoms with van der Waals surface area (Å²) in [6.45, 7) is 0. The predicted octanol–water partition coefficient (Wildman–Crippen LogP) is 3.61. The predicted molar refractivity (Wildman–Crippen MR) is 122 cm³/mol. The molecule has 4 rings (SSSR count). The lowest BCUT2D eigenvalue weighted by Gasteiger charge is -2.23. The van der Waals surface area contributed by atoms with Crippen molar-refractivity contribution in [2.45, 2.75) is 56.8 Å². The molecular formula is C22H28F2N6OS. The molecule has 0 spiro atoms. The van der Waals surface area contributed by atoms with Crippen molar-refractivity contribution in [2.24, 2.45) is 22.6 Å². The molecule has 0 aliphatic heterocycles. The number of alkyl halides is 2. The second-order valence-electron chi connectivity index (χ2n) is 8.60. The Labute approximate surface area is 189 Å². The number of carbonyl (C=O) groups is 1. The van der Waals surface area contributed by atoms with E-state index in [1.807, 2.05) is 0 Å². The van der Waals surface area contributed by atoms with Crippen LogP contribution in [0.2, 0.25) is 0 Å². The molecule has 1 amide bonds. The van der Waals surface area contributed by atoms with E-state index in [4.69, 9.17) is 11.6 Å². The van der Waals surface area contributed by atoms with Crippen molar-refractivity contribution < 1.29 is 13.6 Å². The van der Waals surface area contributed by atoms with Crippen molar-refractivity contribution in [3.05, 3.63) is 46.0 Å². The molecule has 1 saturated carbocycles. The third-order valence-corrected chi connectivity index (χ3v) is 7.18. The minimum absolute atomic E-state index is 0.201. The van der Waals surface area contributed by atoms with Gasteiger partial charge in [-0.3, -0.25) is 4.79 Å². The van der Waals surface area contributed by atoms with Crippen molar-refractivity contribution in [1.29, 1.82) is 0 Å². The lowest BCUT2D eigenvalue weighted by Crippen LogP contribution is -2.28. The smallest absolute Gasteiger partial charge is 0.248 e. The first-order valence-corrected chi connectivity index (χ1v) is 11.6. The molecule has 1 aromatic heterocycles. The summed E-state index contributed by atoms with van der Waals surface area (Å²) in [4.78, 5) is 19.1. The molecule has 10 heteroatoms. The Bertz CT molecular complexity index is 981. The molecule has 1 fully saturated rings. The summed E-state index contributed by atoms with van der Waals surface area (Å²) < 4.78 is 28.0. The minimum Gasteiger partial charge on any atom is -0.382 e. The molecule has 2 atom stereocenters. The number of hydrogen-bond donors (Lipinski definition) is 3. The SMILES string of the molecule is CN(N)/N=C(\N)c1ccc(C(C(=O)Nc2nc3c(s2)CCCC3)C2CCC(F)(F)C2)cc1. The molecule has 2 aliphatic rings. The Morgan fingerprint density at radius 2 is 2.03 bits per heavy atom. The summed E-state index contributed by atoms with van der Waals surface area (Å²) in [5, 5.41) is 8.54. The van der Waals surface area contributed by atoms with Gasteiger partial charge in [-0.25, -0.2) is 24.7 Å². The van der Waals surface area contributed by atoms with E-state index in [0.717, 1.165) is 36.5 Å². The molecule has 0 saturated heterocycles. The Hall–Kier alpha value is -2.59. The number of amidine groups is 1. The van der Waals surface area contributed by atoms with E-state index < -0.39 is 17.8 Å². The first-order chi connectivity index (χ1) is 15.2. The maximum atomic E-state index is 14.0. The molecule has 172 valence electrons. The molecule has 2 aromatic rings. The molecule has 5 N–H and O–H groups in total. The van der Waals surface area contributed by atoms with E-state index in [1.165, 1.54) is 16.2 Å². The minimum atomic E-state index is -2.74. The van der Waals surface area contributed by atoms with Crippen molar-refractivity contribution >= 4 is 28.2 Å². The van der Waals surface area contributed by atoms with Crippen LogP contribution in [0.15, 0.2) is 29.4 Å². The van der Waals surface area contributed by atoms with Crippen LogP contribution in [0.1, 0.15) is 59.7 Å². The fourth-order valence-corrected chi connectivity index (χ4v) is 5.64. The molecule has 2 aliphatic carbocycles. The molecule has 1 aromatic carbocycles. The van der Waals surface area contributed by atoms with Gasteiger partial charge in [0.1, 0.15) is 0 Å². The fraction of sp³-hybridized carbons (Fsp3) is 0.500. The number of aryl methyl sites for hydroxylation is 2. The Balaban J connectivity index is 1.59. The number of carbonyl (C=O) groups excluding carboxylic acids is 1. The van der Waals surface area contributed by atoms with Gasteiger partial charge in [-0.2, -0.15) is 0 Å². The Morgan fingerprint density at radius 1 is 1.31 bits per heavy atom. The zero-order valence-corrected chi connectivity index (χ0v) is 18.8. The van der Waals surface area contributed by atoms with Gasteiger partial charge in [0.25, 0.3) is 0 Å². The van der Waals surface area contributed by atoms with Crippen molar-refractivity contribution in [2.75, 3.05) is 12.4 Å². The van der Waals surface area contributed by atoms with Crippen LogP contribution in [-0.4, -0.2) is 34.8 Å². The van der Waals surface area contributed by atoms with Gasteiger partial charge in [0.15, 0.2) is 11.0 Å². The fourth-order valence-electron chi connectivity index (χ4n) is 4.58. The number of nitrogens with one attached hydrogen (secondary N) is 1. The van der Waals surface area contributed by atoms with E-state index in [9.17, 15) is 13.6 Å². The topological polar surface area (TPSA) is 110 Å². The molecule has 0 radical (unpaired) electrons. The van der Waals surface area contributed by atoms with Crippen LogP contribution in [0.5, 0.6) is 0 Å². The number of hydrogen-bond acceptors (Lipinski definition) is 6. The van der Waals surface area contributed by atoms with E-state index in [1.54, 1.807) is 31.3 Å². The first-order valence-electron chi connectivity index (χ1n) is 10.8. The van der Waals surface area contributed by atoms with E-state index in [2.05, 4.69) is 15.4 Å². The average Bonchev–Trinajstić information content (AvgIpc) is 3.30. The van der Waals surface area contributed by atoms with Crippen LogP contribution in [0.3, 0.4) is 0 Å². The van der Waals surface area contributed by atoms with Gasteiger partial charge in [-0.05, 0) is 43.6 Å². The lowest BCUT2D eigenvalue weighted by atomic mass is 9.83. The van der Waals surface area contributed by atoms with E-state index >= 15 is 0 Å². The standard InChI is InChI=1S/C22H28F2N6OS/c1-30(26)29-19(25)14-8-6-13(7-9-14)18(15-10-11-22(23,24)12-15)20(31)28-21-27-16-4-2-3-5-17(16)32-21/h6-9,15,18H,2-5,10-12,26H2,1H3,(H2,25,29)(H,27,28,31). The number of aromatic nitrogens is 1. The number of nitrogens with two attached hydrogens (primary N) is 2. The second kappa shape index (κ2) is 9.11. The van der Waals surface area contributed by atoms with Gasteiger partial charge in [0, 0.05) is 30.3 Å². The monoisotopic (exact) mass is 462 g/mol. The van der Waals surface area contributed by atoms with E-state index in [0.29, 0.717) is 22.7 Å². The van der Waals surface area contributed by atoms with Crippen LogP contribution in [0, 0.1) is 5.92 Å². The summed E-state index contributed by atoms with van der Waals surface area (Å²) in [6, 6.07) is 6.96. The van der Waals surface area contributed by atoms with Gasteiger partial charge in [0.2, 0.25) is 11.8 Å². The van der Waals surface area contributed by atoms with Gasteiger partial charge in [-0.1, -0.05) is 24.3 Å². The van der Waals surface area contributed by atoms with Crippen LogP contribution < -0.4 is 16.9 Å². The number of hydrazine groups is 1. The highest BCUT2D eigenvalue weighted by molar-refractivity contribution is 7.15. The van der Waals surface area contributed by atoms with Gasteiger partial charge in [-0.15, -0.1) is 16.4 Å². The van der Waals surface area contributed by atoms with Gasteiger partial charge in [0.05, 0.1) is 11.6 Å². The van der Waals surface area contributed by atoms with Gasteiger partial charge < -0.3 is 11.1 Å². The number of halogens is 2. The molecule has 32 heavy (non-hydrogen) atoms. The number of benzene rings is 1. The van der Waals surface area contributed by atoms with Crippen molar-refractivity contribution in [3.63, 3.8) is 0 Å². The summed E-state index contributed by atoms with van der Waals surface area (Å²) >= 11 is 1.49. The second-order valence-corrected chi connectivity index (χ2v) is 9.69. The molecular weight excluding hydrogens is 434 g/mol. The first kappa shape index (κ1) is 22.6. The maximum absolute atomic E-state index is 14.0. The Kier molecular flexibility index (Phi) is 6.43. The average molecular weight is 463 g/mol. The summed E-state index contributed by atoms with van der Waals surface area (Å²) in [5.41, 5.74) is 8.28. The number of thiazole rings is 1. The quantitative estimate of drug-likeness (QED) is 0.263. The summed E-state index contributed by atoms with van der Waals surface area (Å²) in [6.07, 6.45) is 3.91. The van der Waals surface area contributed by atoms with Crippen LogP contribution in [0.25, 0.3) is 0 Å². The van der Waals surface area contributed by atoms with E-state index in [-0.39, 0.29) is 24.6 Å². The zero-order chi connectivity index (χ0) is 22.9. The highest BCUT2D eigenvalue weighted by Gasteiger charge is 2.45. The number of amides is 1. The Morgan fingerprint density at radius 3 is 2.66 bits per heavy atom. The molecule has 7 nitrogen and oxygen atoms in total. The normalized spacial score (nSPS) is 21.1. The van der Waals surface area contributed by atoms with Crippen LogP contribution in [-0.2, 0) is 17.6 Å². The maximum Gasteiger partial charge on any atom is 0.248 e. The molecule has 2 unspecified atom stereocenters. The number of nitrogens with zero attached hydrogens (tertiary/aromatic N) is 3. The third kappa shape index (κ3) is 5.07. The lowest BCUT2D eigenvalue weighted by molar-refractivity contribution is -0.118. The molecule has 1 heterocycles. The highest BCUT2D eigenvalue weighted by atomic mass is 32.1. The van der Waals surface area contributed by atoms with Crippen molar-refractivity contribution in [1.82, 2.24) is 10.1 Å². The number of fused-ring (bicyclic) bond motifs is 1. The zero-order valence-electron chi connectivity index (χ0n) is 18.0. The van der Waals surface area contributed by atoms with Crippen molar-refractivity contribution in [3.8, 4) is 0 Å². The van der Waals surface area contributed by atoms with Gasteiger partial charge >= 0.3 is 0 Å². The highest BCUT2D eigenvalue weighted by Crippen LogP contribution is 2.46. The van der Waals surface area contributed by atoms with Crippen LogP contribution >= 0.6 is 11.3 Å². The number of hydrazone groups is 1. The largest absolute Gasteiger partial charge is 0.382 e.